The number of nitrogens with one attached hydrogen (secondary N) is 1. The van der Waals surface area contributed by atoms with Gasteiger partial charge in [0.2, 0.25) is 0 Å². The van der Waals surface area contributed by atoms with Gasteiger partial charge in [-0.1, -0.05) is 24.3 Å². The molecule has 0 radical (unpaired) electrons. The van der Waals surface area contributed by atoms with Gasteiger partial charge in [-0.3, -0.25) is 4.79 Å². The largest absolute Gasteiger partial charge is 0.449 e. The van der Waals surface area contributed by atoms with Crippen LogP contribution in [0, 0.1) is 5.82 Å². The quantitative estimate of drug-likeness (QED) is 0.425. The van der Waals surface area contributed by atoms with Gasteiger partial charge in [-0.15, -0.1) is 0 Å². The number of hydrogen-bond donors (Lipinski definition) is 1. The summed E-state index contributed by atoms with van der Waals surface area (Å²) in [5.41, 5.74) is 0.435. The minimum atomic E-state index is -4.43. The van der Waals surface area contributed by atoms with Gasteiger partial charge in [0.15, 0.2) is 6.10 Å². The highest BCUT2D eigenvalue weighted by Crippen LogP contribution is 2.29. The van der Waals surface area contributed by atoms with Crippen molar-refractivity contribution >= 4 is 18.0 Å². The molecular weight excluding hydrogens is 390 g/mol. The van der Waals surface area contributed by atoms with Gasteiger partial charge in [-0.2, -0.15) is 13.2 Å². The van der Waals surface area contributed by atoms with Crippen LogP contribution in [0.2, 0.25) is 0 Å². The maximum absolute atomic E-state index is 12.8. The lowest BCUT2D eigenvalue weighted by atomic mass is 10.1. The van der Waals surface area contributed by atoms with Crippen molar-refractivity contribution in [3.63, 3.8) is 0 Å². The van der Waals surface area contributed by atoms with Crippen molar-refractivity contribution in [2.45, 2.75) is 25.6 Å². The molecule has 0 unspecified atom stereocenters. The first kappa shape index (κ1) is 22.1. The normalized spacial score (nSPS) is 12.6. The number of alkyl halides is 3. The zero-order chi connectivity index (χ0) is 21.4. The third-order valence-corrected chi connectivity index (χ3v) is 3.94. The Morgan fingerprint density at radius 3 is 2.28 bits per heavy atom. The van der Waals surface area contributed by atoms with Crippen LogP contribution in [0.4, 0.5) is 17.6 Å². The van der Waals surface area contributed by atoms with Gasteiger partial charge in [0, 0.05) is 12.6 Å². The molecule has 29 heavy (non-hydrogen) atoms. The molecule has 2 aromatic carbocycles. The molecule has 0 aliphatic carbocycles. The first-order chi connectivity index (χ1) is 13.6. The van der Waals surface area contributed by atoms with Gasteiger partial charge in [0.05, 0.1) is 5.56 Å². The molecule has 0 aromatic heterocycles. The third kappa shape index (κ3) is 7.40. The summed E-state index contributed by atoms with van der Waals surface area (Å²) >= 11 is 0. The molecule has 0 aliphatic heterocycles. The van der Waals surface area contributed by atoms with E-state index in [0.717, 1.165) is 23.8 Å². The molecule has 1 amide bonds. The van der Waals surface area contributed by atoms with Crippen LogP contribution in [-0.2, 0) is 26.9 Å². The number of hydrogen-bond acceptors (Lipinski definition) is 3. The molecular formula is C21H19F4NO3. The number of halogens is 4. The molecule has 2 rings (SSSR count). The fraction of sp³-hybridized carbons (Fsp3) is 0.238. The van der Waals surface area contributed by atoms with E-state index in [0.29, 0.717) is 12.0 Å². The van der Waals surface area contributed by atoms with Crippen molar-refractivity contribution in [3.05, 3.63) is 77.1 Å². The Labute approximate surface area is 165 Å². The summed E-state index contributed by atoms with van der Waals surface area (Å²) in [6.45, 7) is 1.69. The zero-order valence-electron chi connectivity index (χ0n) is 15.5. The van der Waals surface area contributed by atoms with E-state index in [-0.39, 0.29) is 12.4 Å². The van der Waals surface area contributed by atoms with E-state index in [4.69, 9.17) is 4.74 Å². The Balaban J connectivity index is 1.77. The zero-order valence-corrected chi connectivity index (χ0v) is 15.5. The van der Waals surface area contributed by atoms with E-state index in [1.165, 1.54) is 37.3 Å². The van der Waals surface area contributed by atoms with E-state index in [1.54, 1.807) is 12.1 Å². The summed E-state index contributed by atoms with van der Waals surface area (Å²) in [7, 11) is 0. The van der Waals surface area contributed by atoms with Crippen molar-refractivity contribution in [2.75, 3.05) is 6.54 Å². The van der Waals surface area contributed by atoms with Crippen molar-refractivity contribution < 1.29 is 31.9 Å². The monoisotopic (exact) mass is 409 g/mol. The molecule has 0 aliphatic rings. The van der Waals surface area contributed by atoms with Crippen molar-refractivity contribution in [3.8, 4) is 0 Å². The second-order valence-corrected chi connectivity index (χ2v) is 6.20. The van der Waals surface area contributed by atoms with Crippen LogP contribution in [-0.4, -0.2) is 24.5 Å². The summed E-state index contributed by atoms with van der Waals surface area (Å²) in [4.78, 5) is 23.7. The minimum Gasteiger partial charge on any atom is -0.449 e. The number of carbonyl (C=O) groups is 2. The van der Waals surface area contributed by atoms with Crippen molar-refractivity contribution in [1.82, 2.24) is 5.32 Å². The van der Waals surface area contributed by atoms with E-state index < -0.39 is 29.7 Å². The molecule has 0 saturated carbocycles. The summed E-state index contributed by atoms with van der Waals surface area (Å²) in [5, 5.41) is 2.60. The highest BCUT2D eigenvalue weighted by molar-refractivity contribution is 5.90. The van der Waals surface area contributed by atoms with Gasteiger partial charge < -0.3 is 10.1 Å². The first-order valence-corrected chi connectivity index (χ1v) is 8.73. The Morgan fingerprint density at radius 1 is 1.07 bits per heavy atom. The van der Waals surface area contributed by atoms with E-state index >= 15 is 0 Å². The number of esters is 1. The van der Waals surface area contributed by atoms with Crippen LogP contribution in [0.15, 0.2) is 54.6 Å². The summed E-state index contributed by atoms with van der Waals surface area (Å²) in [6.07, 6.45) is -2.67. The van der Waals surface area contributed by atoms with Crippen LogP contribution in [0.25, 0.3) is 6.08 Å². The maximum Gasteiger partial charge on any atom is 0.416 e. The lowest BCUT2D eigenvalue weighted by molar-refractivity contribution is -0.150. The second-order valence-electron chi connectivity index (χ2n) is 6.20. The summed E-state index contributed by atoms with van der Waals surface area (Å²) in [5.74, 6) is -1.64. The highest BCUT2D eigenvalue weighted by Gasteiger charge is 2.29. The van der Waals surface area contributed by atoms with Gasteiger partial charge in [-0.25, -0.2) is 9.18 Å². The Morgan fingerprint density at radius 2 is 1.69 bits per heavy atom. The molecule has 1 N–H and O–H groups in total. The van der Waals surface area contributed by atoms with E-state index in [1.807, 2.05) is 0 Å². The second kappa shape index (κ2) is 9.86. The first-order valence-electron chi connectivity index (χ1n) is 8.73. The standard InChI is InChI=1S/C21H19F4NO3/c1-14(20(28)26-13-12-16-4-9-18(22)10-5-16)29-19(27)11-6-15-2-7-17(8-3-15)21(23,24)25/h2-11,14H,12-13H2,1H3,(H,26,28)/b11-6+/t14-/m1/s1. The van der Waals surface area contributed by atoms with Crippen LogP contribution < -0.4 is 5.32 Å². The van der Waals surface area contributed by atoms with Gasteiger partial charge in [-0.05, 0) is 54.8 Å². The van der Waals surface area contributed by atoms with Gasteiger partial charge in [0.1, 0.15) is 5.82 Å². The SMILES string of the molecule is C[C@@H](OC(=O)/C=C/c1ccc(C(F)(F)F)cc1)C(=O)NCCc1ccc(F)cc1. The van der Waals surface area contributed by atoms with Crippen LogP contribution in [0.3, 0.4) is 0 Å². The number of amides is 1. The van der Waals surface area contributed by atoms with Crippen LogP contribution >= 0.6 is 0 Å². The third-order valence-electron chi connectivity index (χ3n) is 3.94. The fourth-order valence-electron chi connectivity index (χ4n) is 2.34. The average Bonchev–Trinajstić information content (AvgIpc) is 2.67. The van der Waals surface area contributed by atoms with E-state index in [2.05, 4.69) is 5.32 Å². The Hall–Kier alpha value is -3.16. The molecule has 2 aromatic rings. The molecule has 0 heterocycles. The van der Waals surface area contributed by atoms with Gasteiger partial charge >= 0.3 is 12.1 Å². The number of carbonyl (C=O) groups excluding carboxylic acids is 2. The van der Waals surface area contributed by atoms with Crippen molar-refractivity contribution in [2.24, 2.45) is 0 Å². The Bertz CT molecular complexity index is 859. The molecule has 0 spiro atoms. The Kier molecular flexibility index (Phi) is 7.52. The smallest absolute Gasteiger partial charge is 0.416 e. The van der Waals surface area contributed by atoms with E-state index in [9.17, 15) is 27.2 Å². The molecule has 8 heteroatoms. The predicted octanol–water partition coefficient (Wildman–Crippen LogP) is 4.15. The fourth-order valence-corrected chi connectivity index (χ4v) is 2.34. The molecule has 1 atom stereocenters. The average molecular weight is 409 g/mol. The molecule has 0 saturated heterocycles. The summed E-state index contributed by atoms with van der Waals surface area (Å²) < 4.78 is 55.3. The molecule has 0 fully saturated rings. The molecule has 0 bridgehead atoms. The van der Waals surface area contributed by atoms with Crippen LogP contribution in [0.5, 0.6) is 0 Å². The summed E-state index contributed by atoms with van der Waals surface area (Å²) in [6, 6.07) is 10.1. The topological polar surface area (TPSA) is 55.4 Å². The maximum atomic E-state index is 12.8. The number of benzene rings is 2. The molecule has 4 nitrogen and oxygen atoms in total. The van der Waals surface area contributed by atoms with Crippen LogP contribution in [0.1, 0.15) is 23.6 Å². The van der Waals surface area contributed by atoms with Gasteiger partial charge in [0.25, 0.3) is 5.91 Å². The predicted molar refractivity (Wildman–Crippen MR) is 99.1 cm³/mol. The lowest BCUT2D eigenvalue weighted by Gasteiger charge is -2.12. The number of rotatable bonds is 7. The minimum absolute atomic E-state index is 0.285. The molecule has 154 valence electrons. The highest BCUT2D eigenvalue weighted by atomic mass is 19.4. The number of ether oxygens (including phenoxy) is 1. The van der Waals surface area contributed by atoms with Crippen molar-refractivity contribution in [1.29, 1.82) is 0 Å². The lowest BCUT2D eigenvalue weighted by Crippen LogP contribution is -2.36.